The molecule has 0 aromatic heterocycles. The predicted octanol–water partition coefficient (Wildman–Crippen LogP) is -1.36. The van der Waals surface area contributed by atoms with Crippen molar-refractivity contribution in [3.05, 3.63) is 10.7 Å². The first kappa shape index (κ1) is 10.2. The van der Waals surface area contributed by atoms with E-state index in [1.165, 1.54) is 0 Å². The molecule has 0 bridgehead atoms. The van der Waals surface area contributed by atoms with Gasteiger partial charge in [-0.25, -0.2) is 15.0 Å². The first-order valence-electron chi connectivity index (χ1n) is 4.80. The SMILES string of the molecule is CCN=C(N=c1c(N)c1N)N=c1c(N)c1N. The van der Waals surface area contributed by atoms with Crippen LogP contribution in [0.3, 0.4) is 0 Å². The van der Waals surface area contributed by atoms with Gasteiger partial charge in [0.1, 0.15) is 10.7 Å². The van der Waals surface area contributed by atoms with Gasteiger partial charge < -0.3 is 22.9 Å². The third-order valence-electron chi connectivity index (χ3n) is 2.20. The summed E-state index contributed by atoms with van der Waals surface area (Å²) in [7, 11) is 0. The van der Waals surface area contributed by atoms with Crippen LogP contribution in [-0.4, -0.2) is 12.5 Å². The van der Waals surface area contributed by atoms with Gasteiger partial charge in [-0.15, -0.1) is 0 Å². The lowest BCUT2D eigenvalue weighted by Gasteiger charge is -1.87. The molecule has 0 aliphatic rings. The van der Waals surface area contributed by atoms with Gasteiger partial charge in [-0.3, -0.25) is 0 Å². The molecule has 0 saturated carbocycles. The number of nitrogens with zero attached hydrogens (tertiary/aromatic N) is 3. The molecule has 2 aromatic rings. The summed E-state index contributed by atoms with van der Waals surface area (Å²) in [6.45, 7) is 2.43. The maximum atomic E-state index is 5.52. The minimum atomic E-state index is 0.291. The lowest BCUT2D eigenvalue weighted by molar-refractivity contribution is 1.10. The summed E-state index contributed by atoms with van der Waals surface area (Å²) in [5, 5.41) is 1.10. The Labute approximate surface area is 91.6 Å². The average molecular weight is 219 g/mol. The number of nitrogens with two attached hydrogens (primary N) is 4. The first-order valence-corrected chi connectivity index (χ1v) is 4.80. The summed E-state index contributed by atoms with van der Waals surface area (Å²) in [5.74, 6) is 0.291. The zero-order valence-electron chi connectivity index (χ0n) is 8.86. The number of guanidine groups is 1. The Morgan fingerprint density at radius 1 is 0.875 bits per heavy atom. The molecule has 0 saturated heterocycles. The van der Waals surface area contributed by atoms with E-state index >= 15 is 0 Å². The van der Waals surface area contributed by atoms with Crippen molar-refractivity contribution in [2.45, 2.75) is 6.92 Å². The van der Waals surface area contributed by atoms with E-state index in [0.29, 0.717) is 46.0 Å². The van der Waals surface area contributed by atoms with Crippen LogP contribution >= 0.6 is 0 Å². The standard InChI is InChI=1S/C9H13N7/c1-2-14-9(15-7-3(10)4(7)11)16-8-5(12)6(8)13/h2,10-13H2,1H3. The van der Waals surface area contributed by atoms with Crippen molar-refractivity contribution in [3.8, 4) is 0 Å². The molecule has 0 amide bonds. The van der Waals surface area contributed by atoms with E-state index < -0.39 is 0 Å². The number of hydrogen-bond donors (Lipinski definition) is 4. The molecule has 7 heteroatoms. The van der Waals surface area contributed by atoms with E-state index in [0.717, 1.165) is 0 Å². The van der Waals surface area contributed by atoms with E-state index in [4.69, 9.17) is 22.9 Å². The minimum absolute atomic E-state index is 0.291. The van der Waals surface area contributed by atoms with Gasteiger partial charge in [0.05, 0.1) is 22.7 Å². The molecular formula is C9H13N7. The van der Waals surface area contributed by atoms with Crippen LogP contribution in [0.4, 0.5) is 22.7 Å². The molecule has 8 N–H and O–H groups in total. The second-order valence-electron chi connectivity index (χ2n) is 3.35. The summed E-state index contributed by atoms with van der Waals surface area (Å²) in [6, 6.07) is 0. The number of anilines is 4. The van der Waals surface area contributed by atoms with Gasteiger partial charge in [-0.1, -0.05) is 0 Å². The van der Waals surface area contributed by atoms with Crippen molar-refractivity contribution in [2.24, 2.45) is 15.0 Å². The van der Waals surface area contributed by atoms with Crippen LogP contribution in [0.15, 0.2) is 15.0 Å². The van der Waals surface area contributed by atoms with Gasteiger partial charge in [0, 0.05) is 6.54 Å². The summed E-state index contributed by atoms with van der Waals surface area (Å²) in [5.41, 5.74) is 24.0. The third-order valence-corrected chi connectivity index (χ3v) is 2.20. The molecule has 2 aromatic carbocycles. The molecule has 0 aliphatic carbocycles. The Kier molecular flexibility index (Phi) is 2.15. The summed E-state index contributed by atoms with van der Waals surface area (Å²) in [6.07, 6.45) is 0. The largest absolute Gasteiger partial charge is 0.395 e. The number of aliphatic imine (C=N–C) groups is 1. The van der Waals surface area contributed by atoms with Crippen molar-refractivity contribution in [1.29, 1.82) is 0 Å². The third kappa shape index (κ3) is 1.62. The Hall–Kier alpha value is -2.31. The van der Waals surface area contributed by atoms with Crippen LogP contribution in [0, 0.1) is 0 Å². The van der Waals surface area contributed by atoms with Gasteiger partial charge in [0.25, 0.3) is 0 Å². The Morgan fingerprint density at radius 2 is 1.25 bits per heavy atom. The van der Waals surface area contributed by atoms with Crippen molar-refractivity contribution >= 4 is 28.7 Å². The second-order valence-corrected chi connectivity index (χ2v) is 3.35. The topological polar surface area (TPSA) is 141 Å². The normalized spacial score (nSPS) is 10.8. The zero-order chi connectivity index (χ0) is 11.9. The van der Waals surface area contributed by atoms with E-state index in [1.807, 2.05) is 6.92 Å². The van der Waals surface area contributed by atoms with Crippen LogP contribution in [0.25, 0.3) is 0 Å². The molecule has 0 spiro atoms. The molecule has 0 fully saturated rings. The van der Waals surface area contributed by atoms with Crippen LogP contribution in [-0.2, 0) is 0 Å². The molecule has 16 heavy (non-hydrogen) atoms. The maximum Gasteiger partial charge on any atom is 0.246 e. The fraction of sp³-hybridized carbons (Fsp3) is 0.222. The molecule has 0 unspecified atom stereocenters. The van der Waals surface area contributed by atoms with Gasteiger partial charge in [-0.2, -0.15) is 0 Å². The summed E-state index contributed by atoms with van der Waals surface area (Å²) < 4.78 is 0. The van der Waals surface area contributed by atoms with E-state index in [9.17, 15) is 0 Å². The monoisotopic (exact) mass is 219 g/mol. The molecule has 0 atom stereocenters. The Morgan fingerprint density at radius 3 is 1.50 bits per heavy atom. The van der Waals surface area contributed by atoms with Gasteiger partial charge in [0.15, 0.2) is 0 Å². The zero-order valence-corrected chi connectivity index (χ0v) is 8.86. The maximum absolute atomic E-state index is 5.52. The van der Waals surface area contributed by atoms with E-state index in [-0.39, 0.29) is 0 Å². The van der Waals surface area contributed by atoms with Crippen LogP contribution in [0.2, 0.25) is 0 Å². The van der Waals surface area contributed by atoms with Gasteiger partial charge in [0.2, 0.25) is 5.96 Å². The van der Waals surface area contributed by atoms with Crippen LogP contribution < -0.4 is 33.6 Å². The second kappa shape index (κ2) is 3.37. The molecule has 0 aliphatic heterocycles. The lowest BCUT2D eigenvalue weighted by Crippen LogP contribution is -2.03. The van der Waals surface area contributed by atoms with E-state index in [2.05, 4.69) is 15.0 Å². The molecule has 7 nitrogen and oxygen atoms in total. The molecular weight excluding hydrogens is 206 g/mol. The van der Waals surface area contributed by atoms with Crippen molar-refractivity contribution < 1.29 is 0 Å². The number of rotatable bonds is 1. The quantitative estimate of drug-likeness (QED) is 0.347. The number of hydrogen-bond acceptors (Lipinski definition) is 5. The lowest BCUT2D eigenvalue weighted by atomic mass is 10.7. The van der Waals surface area contributed by atoms with Crippen LogP contribution in [0.1, 0.15) is 6.92 Å². The van der Waals surface area contributed by atoms with Crippen molar-refractivity contribution in [1.82, 2.24) is 0 Å². The Bertz CT molecular complexity index is 515. The van der Waals surface area contributed by atoms with Gasteiger partial charge in [-0.05, 0) is 6.92 Å². The minimum Gasteiger partial charge on any atom is -0.395 e. The summed E-state index contributed by atoms with van der Waals surface area (Å²) in [4.78, 5) is 12.3. The Balaban J connectivity index is 2.32. The molecule has 2 rings (SSSR count). The molecule has 84 valence electrons. The van der Waals surface area contributed by atoms with E-state index in [1.54, 1.807) is 0 Å². The fourth-order valence-electron chi connectivity index (χ4n) is 1.09. The highest BCUT2D eigenvalue weighted by atomic mass is 15.1. The molecule has 0 radical (unpaired) electrons. The highest BCUT2D eigenvalue weighted by Crippen LogP contribution is 2.15. The highest BCUT2D eigenvalue weighted by Gasteiger charge is 2.15. The highest BCUT2D eigenvalue weighted by molar-refractivity contribution is 5.89. The van der Waals surface area contributed by atoms with Crippen molar-refractivity contribution in [3.63, 3.8) is 0 Å². The average Bonchev–Trinajstić information content (AvgIpc) is 3.01. The summed E-state index contributed by atoms with van der Waals surface area (Å²) >= 11 is 0. The van der Waals surface area contributed by atoms with Gasteiger partial charge >= 0.3 is 0 Å². The first-order chi connectivity index (χ1) is 7.56. The predicted molar refractivity (Wildman–Crippen MR) is 64.4 cm³/mol. The fourth-order valence-corrected chi connectivity index (χ4v) is 1.09. The molecule has 0 heterocycles. The van der Waals surface area contributed by atoms with Crippen LogP contribution in [0.5, 0.6) is 0 Å². The smallest absolute Gasteiger partial charge is 0.246 e. The van der Waals surface area contributed by atoms with Crippen molar-refractivity contribution in [2.75, 3.05) is 29.5 Å². The number of nitrogen functional groups attached to an aromatic ring is 4.